The van der Waals surface area contributed by atoms with Crippen molar-refractivity contribution in [2.24, 2.45) is 11.3 Å². The van der Waals surface area contributed by atoms with Crippen LogP contribution in [0.3, 0.4) is 0 Å². The average molecular weight is 267 g/mol. The molecule has 19 heavy (non-hydrogen) atoms. The Balaban J connectivity index is 2.67. The van der Waals surface area contributed by atoms with Crippen LogP contribution in [0, 0.1) is 11.3 Å². The van der Waals surface area contributed by atoms with Crippen molar-refractivity contribution in [3.8, 4) is 0 Å². The normalized spacial score (nSPS) is 16.7. The summed E-state index contributed by atoms with van der Waals surface area (Å²) in [6.07, 6.45) is 6.49. The number of nitrogens with zero attached hydrogens (tertiary/aromatic N) is 1. The summed E-state index contributed by atoms with van der Waals surface area (Å²) in [6.45, 7) is 13.6. The minimum absolute atomic E-state index is 0.0133. The third kappa shape index (κ3) is 6.65. The van der Waals surface area contributed by atoms with Crippen molar-refractivity contribution < 1.29 is 9.53 Å². The molecule has 0 spiro atoms. The van der Waals surface area contributed by atoms with Crippen molar-refractivity contribution in [3.05, 3.63) is 12.2 Å². The van der Waals surface area contributed by atoms with E-state index in [1.807, 2.05) is 38.7 Å². The van der Waals surface area contributed by atoms with Gasteiger partial charge in [0.15, 0.2) is 0 Å². The van der Waals surface area contributed by atoms with Crippen molar-refractivity contribution in [2.75, 3.05) is 13.1 Å². The Hall–Kier alpha value is -0.990. The summed E-state index contributed by atoms with van der Waals surface area (Å²) in [6, 6.07) is 0. The van der Waals surface area contributed by atoms with E-state index in [-0.39, 0.29) is 11.5 Å². The summed E-state index contributed by atoms with van der Waals surface area (Å²) in [5, 5.41) is 0. The zero-order chi connectivity index (χ0) is 14.7. The predicted octanol–water partition coefficient (Wildman–Crippen LogP) is 4.24. The summed E-state index contributed by atoms with van der Waals surface area (Å²) in [5.41, 5.74) is -0.440. The summed E-state index contributed by atoms with van der Waals surface area (Å²) in [5.74, 6) is 0.675. The number of ether oxygens (including phenoxy) is 1. The fraction of sp³-hybridized carbons (Fsp3) is 0.812. The fourth-order valence-electron chi connectivity index (χ4n) is 2.14. The second-order valence-electron chi connectivity index (χ2n) is 7.29. The summed E-state index contributed by atoms with van der Waals surface area (Å²) in [7, 11) is 0. The van der Waals surface area contributed by atoms with E-state index in [0.29, 0.717) is 12.5 Å². The van der Waals surface area contributed by atoms with Gasteiger partial charge in [-0.1, -0.05) is 26.0 Å². The molecule has 1 fully saturated rings. The molecule has 0 N–H and O–H groups in total. The average Bonchev–Trinajstić information content (AvgIpc) is 2.97. The Morgan fingerprint density at radius 2 is 1.84 bits per heavy atom. The summed E-state index contributed by atoms with van der Waals surface area (Å²) < 4.78 is 5.52. The molecule has 1 rings (SSSR count). The van der Waals surface area contributed by atoms with Crippen LogP contribution in [0.15, 0.2) is 12.2 Å². The smallest absolute Gasteiger partial charge is 0.410 e. The largest absolute Gasteiger partial charge is 0.444 e. The van der Waals surface area contributed by atoms with E-state index in [2.05, 4.69) is 19.9 Å². The highest BCUT2D eigenvalue weighted by atomic mass is 16.6. The fourth-order valence-corrected chi connectivity index (χ4v) is 2.14. The molecule has 1 aliphatic rings. The topological polar surface area (TPSA) is 29.5 Å². The molecule has 0 heterocycles. The summed E-state index contributed by atoms with van der Waals surface area (Å²) in [4.78, 5) is 14.2. The minimum Gasteiger partial charge on any atom is -0.444 e. The van der Waals surface area contributed by atoms with E-state index in [4.69, 9.17) is 4.74 Å². The third-order valence-electron chi connectivity index (χ3n) is 3.04. The van der Waals surface area contributed by atoms with E-state index in [1.54, 1.807) is 0 Å². The Labute approximate surface area is 118 Å². The van der Waals surface area contributed by atoms with Gasteiger partial charge in [-0.3, -0.25) is 0 Å². The van der Waals surface area contributed by atoms with E-state index >= 15 is 0 Å². The second kappa shape index (κ2) is 5.98. The zero-order valence-corrected chi connectivity index (χ0v) is 13.3. The van der Waals surface area contributed by atoms with Gasteiger partial charge >= 0.3 is 6.09 Å². The highest BCUT2D eigenvalue weighted by molar-refractivity contribution is 5.68. The number of hydrogen-bond donors (Lipinski definition) is 0. The van der Waals surface area contributed by atoms with Gasteiger partial charge in [0.1, 0.15) is 5.60 Å². The molecule has 0 saturated heterocycles. The Morgan fingerprint density at radius 1 is 1.26 bits per heavy atom. The van der Waals surface area contributed by atoms with Crippen LogP contribution < -0.4 is 0 Å². The van der Waals surface area contributed by atoms with Gasteiger partial charge in [0.05, 0.1) is 0 Å². The monoisotopic (exact) mass is 267 g/mol. The van der Waals surface area contributed by atoms with Crippen molar-refractivity contribution in [2.45, 2.75) is 60.0 Å². The van der Waals surface area contributed by atoms with Crippen LogP contribution >= 0.6 is 0 Å². The molecule has 0 bridgehead atoms. The van der Waals surface area contributed by atoms with Crippen LogP contribution in [0.2, 0.25) is 0 Å². The SMILES string of the molecule is C/C=C\C(C)(C)CN(CC1CC1)C(=O)OC(C)(C)C. The summed E-state index contributed by atoms with van der Waals surface area (Å²) >= 11 is 0. The molecule has 0 unspecified atom stereocenters. The maximum Gasteiger partial charge on any atom is 0.410 e. The van der Waals surface area contributed by atoms with Crippen LogP contribution in [0.4, 0.5) is 4.79 Å². The van der Waals surface area contributed by atoms with Crippen LogP contribution in [0.25, 0.3) is 0 Å². The molecule has 0 radical (unpaired) electrons. The van der Waals surface area contributed by atoms with Crippen LogP contribution in [-0.4, -0.2) is 29.7 Å². The van der Waals surface area contributed by atoms with E-state index < -0.39 is 5.60 Å². The van der Waals surface area contributed by atoms with E-state index in [0.717, 1.165) is 6.54 Å². The Bertz CT molecular complexity index is 335. The van der Waals surface area contributed by atoms with Crippen LogP contribution in [-0.2, 0) is 4.74 Å². The molecule has 0 atom stereocenters. The lowest BCUT2D eigenvalue weighted by atomic mass is 9.92. The van der Waals surface area contributed by atoms with Crippen molar-refractivity contribution >= 4 is 6.09 Å². The first-order chi connectivity index (χ1) is 8.63. The number of carbonyl (C=O) groups is 1. The number of carbonyl (C=O) groups excluding carboxylic acids is 1. The molecule has 110 valence electrons. The Kier molecular flexibility index (Phi) is 5.05. The third-order valence-corrected chi connectivity index (χ3v) is 3.04. The van der Waals surface area contributed by atoms with Gasteiger partial charge in [-0.05, 0) is 46.5 Å². The molecular formula is C16H29NO2. The van der Waals surface area contributed by atoms with Crippen molar-refractivity contribution in [1.82, 2.24) is 4.90 Å². The molecule has 1 amide bonds. The van der Waals surface area contributed by atoms with Gasteiger partial charge in [0, 0.05) is 18.5 Å². The standard InChI is InChI=1S/C16H29NO2/c1-7-10-16(5,6)12-17(11-13-8-9-13)14(18)19-15(2,3)4/h7,10,13H,8-9,11-12H2,1-6H3/b10-7-. The van der Waals surface area contributed by atoms with Crippen LogP contribution in [0.5, 0.6) is 0 Å². The first kappa shape index (κ1) is 16.1. The van der Waals surface area contributed by atoms with E-state index in [9.17, 15) is 4.79 Å². The number of allylic oxidation sites excluding steroid dienone is 1. The number of rotatable bonds is 5. The van der Waals surface area contributed by atoms with Crippen molar-refractivity contribution in [3.63, 3.8) is 0 Å². The molecule has 3 heteroatoms. The lowest BCUT2D eigenvalue weighted by Gasteiger charge is -2.32. The molecule has 0 aromatic heterocycles. The highest BCUT2D eigenvalue weighted by Crippen LogP contribution is 2.31. The molecule has 0 aliphatic heterocycles. The molecule has 1 aliphatic carbocycles. The molecule has 0 aromatic rings. The van der Waals surface area contributed by atoms with Crippen LogP contribution in [0.1, 0.15) is 54.4 Å². The number of hydrogen-bond acceptors (Lipinski definition) is 2. The van der Waals surface area contributed by atoms with Gasteiger partial charge in [0.2, 0.25) is 0 Å². The Morgan fingerprint density at radius 3 is 2.26 bits per heavy atom. The quantitative estimate of drug-likeness (QED) is 0.697. The van der Waals surface area contributed by atoms with Gasteiger partial charge in [0.25, 0.3) is 0 Å². The molecule has 1 saturated carbocycles. The van der Waals surface area contributed by atoms with Crippen molar-refractivity contribution in [1.29, 1.82) is 0 Å². The second-order valence-corrected chi connectivity index (χ2v) is 7.29. The molecule has 0 aromatic carbocycles. The highest BCUT2D eigenvalue weighted by Gasteiger charge is 2.32. The zero-order valence-electron chi connectivity index (χ0n) is 13.3. The van der Waals surface area contributed by atoms with Gasteiger partial charge in [-0.25, -0.2) is 4.79 Å². The maximum absolute atomic E-state index is 12.3. The van der Waals surface area contributed by atoms with Gasteiger partial charge in [-0.2, -0.15) is 0 Å². The lowest BCUT2D eigenvalue weighted by molar-refractivity contribution is 0.0192. The maximum atomic E-state index is 12.3. The predicted molar refractivity (Wildman–Crippen MR) is 79.1 cm³/mol. The first-order valence-corrected chi connectivity index (χ1v) is 7.25. The van der Waals surface area contributed by atoms with E-state index in [1.165, 1.54) is 12.8 Å². The van der Waals surface area contributed by atoms with Gasteiger partial charge < -0.3 is 9.64 Å². The minimum atomic E-state index is -0.427. The number of amides is 1. The molecule has 3 nitrogen and oxygen atoms in total. The van der Waals surface area contributed by atoms with Gasteiger partial charge in [-0.15, -0.1) is 0 Å². The first-order valence-electron chi connectivity index (χ1n) is 7.25. The lowest BCUT2D eigenvalue weighted by Crippen LogP contribution is -2.42. The molecular weight excluding hydrogens is 238 g/mol.